The third-order valence-corrected chi connectivity index (χ3v) is 3.57. The number of ether oxygens (including phenoxy) is 2. The molecule has 102 valence electrons. The lowest BCUT2D eigenvalue weighted by Crippen LogP contribution is -2.13. The lowest BCUT2D eigenvalue weighted by Gasteiger charge is -2.09. The number of aromatic nitrogens is 1. The van der Waals surface area contributed by atoms with E-state index >= 15 is 0 Å². The molecule has 0 aliphatic carbocycles. The maximum Gasteiger partial charge on any atom is 0.161 e. The fourth-order valence-corrected chi connectivity index (χ4v) is 2.43. The SMILES string of the molecule is COc1ccc(CNCc2csc(C)n2)cc1OC. The highest BCUT2D eigenvalue weighted by molar-refractivity contribution is 7.09. The average Bonchev–Trinajstić information content (AvgIpc) is 2.84. The van der Waals surface area contributed by atoms with Crippen LogP contribution in [0, 0.1) is 6.92 Å². The topological polar surface area (TPSA) is 43.4 Å². The van der Waals surface area contributed by atoms with E-state index in [1.807, 2.05) is 25.1 Å². The average molecular weight is 278 g/mol. The van der Waals surface area contributed by atoms with Gasteiger partial charge < -0.3 is 14.8 Å². The Morgan fingerprint density at radius 1 is 1.16 bits per heavy atom. The van der Waals surface area contributed by atoms with Crippen LogP contribution in [0.2, 0.25) is 0 Å². The monoisotopic (exact) mass is 278 g/mol. The van der Waals surface area contributed by atoms with Crippen molar-refractivity contribution in [3.63, 3.8) is 0 Å². The lowest BCUT2D eigenvalue weighted by molar-refractivity contribution is 0.354. The molecule has 0 aliphatic rings. The smallest absolute Gasteiger partial charge is 0.161 e. The number of aryl methyl sites for hydroxylation is 1. The summed E-state index contributed by atoms with van der Waals surface area (Å²) in [5, 5.41) is 6.55. The van der Waals surface area contributed by atoms with Gasteiger partial charge >= 0.3 is 0 Å². The zero-order valence-electron chi connectivity index (χ0n) is 11.4. The second-order valence-corrected chi connectivity index (χ2v) is 5.21. The van der Waals surface area contributed by atoms with E-state index in [4.69, 9.17) is 9.47 Å². The number of rotatable bonds is 6. The van der Waals surface area contributed by atoms with Gasteiger partial charge in [-0.1, -0.05) is 6.07 Å². The Hall–Kier alpha value is -1.59. The van der Waals surface area contributed by atoms with Gasteiger partial charge in [0.1, 0.15) is 0 Å². The molecule has 1 heterocycles. The van der Waals surface area contributed by atoms with E-state index in [0.29, 0.717) is 0 Å². The zero-order chi connectivity index (χ0) is 13.7. The van der Waals surface area contributed by atoms with E-state index < -0.39 is 0 Å². The lowest BCUT2D eigenvalue weighted by atomic mass is 10.2. The first kappa shape index (κ1) is 13.8. The predicted octanol–water partition coefficient (Wildman–Crippen LogP) is 2.76. The standard InChI is InChI=1S/C14H18N2O2S/c1-10-16-12(9-19-10)8-15-7-11-4-5-13(17-2)14(6-11)18-3/h4-6,9,15H,7-8H2,1-3H3. The molecular weight excluding hydrogens is 260 g/mol. The Kier molecular flexibility index (Phi) is 4.76. The van der Waals surface area contributed by atoms with Crippen molar-refractivity contribution in [3.05, 3.63) is 39.8 Å². The third kappa shape index (κ3) is 3.68. The van der Waals surface area contributed by atoms with Crippen LogP contribution in [0.5, 0.6) is 11.5 Å². The minimum Gasteiger partial charge on any atom is -0.493 e. The van der Waals surface area contributed by atoms with Gasteiger partial charge in [-0.3, -0.25) is 0 Å². The van der Waals surface area contributed by atoms with Crippen LogP contribution < -0.4 is 14.8 Å². The first-order valence-electron chi connectivity index (χ1n) is 6.05. The van der Waals surface area contributed by atoms with Crippen molar-refractivity contribution >= 4 is 11.3 Å². The van der Waals surface area contributed by atoms with E-state index in [1.54, 1.807) is 25.6 Å². The minimum atomic E-state index is 0.751. The number of nitrogens with one attached hydrogen (secondary N) is 1. The van der Waals surface area contributed by atoms with Crippen molar-refractivity contribution in [1.82, 2.24) is 10.3 Å². The van der Waals surface area contributed by atoms with Crippen molar-refractivity contribution in [2.24, 2.45) is 0 Å². The maximum atomic E-state index is 5.28. The van der Waals surface area contributed by atoms with E-state index in [0.717, 1.165) is 40.9 Å². The highest BCUT2D eigenvalue weighted by Gasteiger charge is 2.04. The quantitative estimate of drug-likeness (QED) is 0.882. The molecule has 2 rings (SSSR count). The summed E-state index contributed by atoms with van der Waals surface area (Å²) < 4.78 is 10.5. The van der Waals surface area contributed by atoms with Crippen molar-refractivity contribution in [2.45, 2.75) is 20.0 Å². The van der Waals surface area contributed by atoms with Gasteiger partial charge in [0.25, 0.3) is 0 Å². The van der Waals surface area contributed by atoms with Gasteiger partial charge in [0.05, 0.1) is 24.9 Å². The summed E-state index contributed by atoms with van der Waals surface area (Å²) in [4.78, 5) is 4.41. The first-order valence-corrected chi connectivity index (χ1v) is 6.93. The molecule has 0 aliphatic heterocycles. The molecule has 0 bridgehead atoms. The Labute approximate surface area is 117 Å². The normalized spacial score (nSPS) is 10.5. The number of methoxy groups -OCH3 is 2. The van der Waals surface area contributed by atoms with Gasteiger partial charge in [0, 0.05) is 18.5 Å². The van der Waals surface area contributed by atoms with Gasteiger partial charge in [0.2, 0.25) is 0 Å². The molecule has 4 nitrogen and oxygen atoms in total. The molecule has 0 radical (unpaired) electrons. The second-order valence-electron chi connectivity index (χ2n) is 4.15. The molecule has 5 heteroatoms. The van der Waals surface area contributed by atoms with Crippen molar-refractivity contribution < 1.29 is 9.47 Å². The van der Waals surface area contributed by atoms with E-state index in [9.17, 15) is 0 Å². The molecule has 0 spiro atoms. The summed E-state index contributed by atoms with van der Waals surface area (Å²) in [7, 11) is 3.29. The van der Waals surface area contributed by atoms with E-state index in [1.165, 1.54) is 0 Å². The molecule has 1 N–H and O–H groups in total. The van der Waals surface area contributed by atoms with Gasteiger partial charge in [-0.2, -0.15) is 0 Å². The molecule has 2 aromatic rings. The third-order valence-electron chi connectivity index (χ3n) is 2.75. The first-order chi connectivity index (χ1) is 9.22. The number of thiazole rings is 1. The van der Waals surface area contributed by atoms with Gasteiger partial charge in [0.15, 0.2) is 11.5 Å². The fourth-order valence-electron chi connectivity index (χ4n) is 1.81. The summed E-state index contributed by atoms with van der Waals surface area (Å²) in [6.45, 7) is 3.57. The molecule has 19 heavy (non-hydrogen) atoms. The summed E-state index contributed by atoms with van der Waals surface area (Å²) in [6, 6.07) is 5.93. The van der Waals surface area contributed by atoms with Crippen molar-refractivity contribution in [1.29, 1.82) is 0 Å². The molecule has 0 atom stereocenters. The van der Waals surface area contributed by atoms with Crippen LogP contribution in [0.4, 0.5) is 0 Å². The van der Waals surface area contributed by atoms with Crippen molar-refractivity contribution in [3.8, 4) is 11.5 Å². The number of hydrogen-bond donors (Lipinski definition) is 1. The van der Waals surface area contributed by atoms with Gasteiger partial charge in [-0.25, -0.2) is 4.98 Å². The number of nitrogens with zero attached hydrogens (tertiary/aromatic N) is 1. The van der Waals surface area contributed by atoms with Crippen LogP contribution >= 0.6 is 11.3 Å². The van der Waals surface area contributed by atoms with E-state index in [-0.39, 0.29) is 0 Å². The second kappa shape index (κ2) is 6.54. The zero-order valence-corrected chi connectivity index (χ0v) is 12.2. The Morgan fingerprint density at radius 2 is 1.95 bits per heavy atom. The van der Waals surface area contributed by atoms with Crippen LogP contribution in [0.1, 0.15) is 16.3 Å². The minimum absolute atomic E-state index is 0.751. The molecular formula is C14H18N2O2S. The molecule has 1 aromatic carbocycles. The van der Waals surface area contributed by atoms with Crippen LogP contribution in [0.3, 0.4) is 0 Å². The Balaban J connectivity index is 1.92. The predicted molar refractivity (Wildman–Crippen MR) is 76.9 cm³/mol. The fraction of sp³-hybridized carbons (Fsp3) is 0.357. The van der Waals surface area contributed by atoms with Gasteiger partial charge in [-0.15, -0.1) is 11.3 Å². The maximum absolute atomic E-state index is 5.28. The van der Waals surface area contributed by atoms with Crippen LogP contribution in [-0.4, -0.2) is 19.2 Å². The van der Waals surface area contributed by atoms with Crippen LogP contribution in [0.25, 0.3) is 0 Å². The molecule has 0 unspecified atom stereocenters. The Bertz CT molecular complexity index is 540. The highest BCUT2D eigenvalue weighted by atomic mass is 32.1. The summed E-state index contributed by atoms with van der Waals surface area (Å²) in [5.74, 6) is 1.51. The van der Waals surface area contributed by atoms with Crippen LogP contribution in [-0.2, 0) is 13.1 Å². The molecule has 1 aromatic heterocycles. The number of benzene rings is 1. The summed E-state index contributed by atoms with van der Waals surface area (Å²) >= 11 is 1.67. The summed E-state index contributed by atoms with van der Waals surface area (Å²) in [5.41, 5.74) is 2.24. The number of hydrogen-bond acceptors (Lipinski definition) is 5. The Morgan fingerprint density at radius 3 is 2.58 bits per heavy atom. The van der Waals surface area contributed by atoms with E-state index in [2.05, 4.69) is 15.7 Å². The largest absolute Gasteiger partial charge is 0.493 e. The molecule has 0 amide bonds. The van der Waals surface area contributed by atoms with Crippen molar-refractivity contribution in [2.75, 3.05) is 14.2 Å². The molecule has 0 saturated heterocycles. The highest BCUT2D eigenvalue weighted by Crippen LogP contribution is 2.27. The molecule has 0 fully saturated rings. The summed E-state index contributed by atoms with van der Waals surface area (Å²) in [6.07, 6.45) is 0. The van der Waals surface area contributed by atoms with Gasteiger partial charge in [-0.05, 0) is 24.6 Å². The van der Waals surface area contributed by atoms with Crippen LogP contribution in [0.15, 0.2) is 23.6 Å². The molecule has 0 saturated carbocycles.